The van der Waals surface area contributed by atoms with Crippen LogP contribution in [0.15, 0.2) is 91.3 Å². The second-order valence-corrected chi connectivity index (χ2v) is 9.61. The molecule has 6 N–H and O–H groups in total. The first-order chi connectivity index (χ1) is 19.5. The Bertz CT molecular complexity index is 1620. The monoisotopic (exact) mass is 537 g/mol. The van der Waals surface area contributed by atoms with Crippen molar-refractivity contribution < 1.29 is 19.1 Å². The quantitative estimate of drug-likeness (QED) is 0.165. The van der Waals surface area contributed by atoms with E-state index in [9.17, 15) is 14.4 Å². The molecule has 2 aromatic heterocycles. The summed E-state index contributed by atoms with van der Waals surface area (Å²) in [6, 6.07) is 22.8. The van der Waals surface area contributed by atoms with Crippen molar-refractivity contribution in [1.82, 2.24) is 20.6 Å². The highest BCUT2D eigenvalue weighted by atomic mass is 16.5. The molecule has 0 spiro atoms. The van der Waals surface area contributed by atoms with E-state index < -0.39 is 29.9 Å². The van der Waals surface area contributed by atoms with E-state index in [-0.39, 0.29) is 26.0 Å². The molecule has 0 bridgehead atoms. The van der Waals surface area contributed by atoms with E-state index in [1.54, 1.807) is 0 Å². The Hall–Kier alpha value is -4.89. The number of aromatic amines is 2. The maximum absolute atomic E-state index is 13.6. The molecule has 0 aliphatic carbocycles. The summed E-state index contributed by atoms with van der Waals surface area (Å²) in [5.74, 6) is -1.55. The van der Waals surface area contributed by atoms with Crippen LogP contribution in [-0.4, -0.2) is 46.4 Å². The lowest BCUT2D eigenvalue weighted by Crippen LogP contribution is -2.54. The molecular weight excluding hydrogens is 506 g/mol. The number of rotatable bonds is 11. The van der Waals surface area contributed by atoms with Gasteiger partial charge >= 0.3 is 5.97 Å². The topological polar surface area (TPSA) is 142 Å². The molecule has 3 aromatic carbocycles. The third-order valence-corrected chi connectivity index (χ3v) is 6.86. The lowest BCUT2D eigenvalue weighted by molar-refractivity contribution is -0.149. The fourth-order valence-electron chi connectivity index (χ4n) is 4.80. The maximum atomic E-state index is 13.6. The van der Waals surface area contributed by atoms with Crippen LogP contribution in [0.4, 0.5) is 0 Å². The van der Waals surface area contributed by atoms with Crippen LogP contribution < -0.4 is 16.4 Å². The maximum Gasteiger partial charge on any atom is 0.329 e. The number of fused-ring (bicyclic) bond motifs is 2. The largest absolute Gasteiger partial charge is 0.459 e. The SMILES string of the molecule is NCC(=O)N[C@@H](Cc1c[nH]c2ccccc12)C(=O)N[C@@H](Cc1c[nH]c2ccccc12)C(=O)OCc1ccccc1. The van der Waals surface area contributed by atoms with E-state index in [2.05, 4.69) is 20.6 Å². The van der Waals surface area contributed by atoms with Crippen molar-refractivity contribution in [2.24, 2.45) is 5.73 Å². The Morgan fingerprint density at radius 3 is 1.88 bits per heavy atom. The highest BCUT2D eigenvalue weighted by molar-refractivity contribution is 5.93. The van der Waals surface area contributed by atoms with Crippen molar-refractivity contribution in [3.8, 4) is 0 Å². The van der Waals surface area contributed by atoms with Crippen LogP contribution in [0.1, 0.15) is 16.7 Å². The number of para-hydroxylation sites is 2. The number of carbonyl (C=O) groups is 3. The molecule has 9 nitrogen and oxygen atoms in total. The standard InChI is InChI=1S/C31H31N5O4/c32-16-29(37)35-27(14-21-17-33-25-12-6-4-10-23(21)25)30(38)36-28(31(39)40-19-20-8-2-1-3-9-20)15-22-18-34-26-13-7-5-11-24(22)26/h1-13,17-18,27-28,33-34H,14-16,19,32H2,(H,35,37)(H,36,38)/t27-,28-/m0/s1. The minimum atomic E-state index is -0.990. The lowest BCUT2D eigenvalue weighted by atomic mass is 10.0. The van der Waals surface area contributed by atoms with Gasteiger partial charge in [-0.2, -0.15) is 0 Å². The lowest BCUT2D eigenvalue weighted by Gasteiger charge is -2.23. The van der Waals surface area contributed by atoms with E-state index in [1.807, 2.05) is 91.3 Å². The van der Waals surface area contributed by atoms with E-state index in [0.29, 0.717) is 0 Å². The van der Waals surface area contributed by atoms with Crippen LogP contribution in [0, 0.1) is 0 Å². The Balaban J connectivity index is 1.38. The number of benzene rings is 3. The first-order valence-corrected chi connectivity index (χ1v) is 13.1. The molecule has 0 fully saturated rings. The Kier molecular flexibility index (Phi) is 8.22. The molecule has 2 heterocycles. The van der Waals surface area contributed by atoms with Crippen LogP contribution >= 0.6 is 0 Å². The molecular formula is C31H31N5O4. The zero-order valence-electron chi connectivity index (χ0n) is 21.9. The second kappa shape index (κ2) is 12.3. The van der Waals surface area contributed by atoms with Crippen molar-refractivity contribution >= 4 is 39.6 Å². The van der Waals surface area contributed by atoms with Crippen LogP contribution in [-0.2, 0) is 38.6 Å². The summed E-state index contributed by atoms with van der Waals surface area (Å²) in [6.45, 7) is -0.196. The third kappa shape index (κ3) is 6.22. The first-order valence-electron chi connectivity index (χ1n) is 13.1. The number of hydrogen-bond acceptors (Lipinski definition) is 5. The molecule has 0 saturated heterocycles. The molecule has 2 atom stereocenters. The van der Waals surface area contributed by atoms with Gasteiger partial charge in [-0.15, -0.1) is 0 Å². The number of carbonyl (C=O) groups excluding carboxylic acids is 3. The predicted molar refractivity (Wildman–Crippen MR) is 153 cm³/mol. The molecule has 5 aromatic rings. The van der Waals surface area contributed by atoms with Gasteiger partial charge in [0.1, 0.15) is 18.7 Å². The van der Waals surface area contributed by atoms with Gasteiger partial charge in [0.25, 0.3) is 0 Å². The summed E-state index contributed by atoms with van der Waals surface area (Å²) in [5, 5.41) is 7.46. The Morgan fingerprint density at radius 2 is 1.27 bits per heavy atom. The van der Waals surface area contributed by atoms with Crippen molar-refractivity contribution in [3.05, 3.63) is 108 Å². The summed E-state index contributed by atoms with van der Waals surface area (Å²) in [5.41, 5.74) is 9.93. The minimum Gasteiger partial charge on any atom is -0.459 e. The zero-order valence-corrected chi connectivity index (χ0v) is 21.9. The molecule has 204 valence electrons. The minimum absolute atomic E-state index is 0.0720. The first kappa shape index (κ1) is 26.7. The van der Waals surface area contributed by atoms with Gasteiger partial charge in [-0.05, 0) is 28.8 Å². The predicted octanol–water partition coefficient (Wildman–Crippen LogP) is 3.11. The molecule has 40 heavy (non-hydrogen) atoms. The van der Waals surface area contributed by atoms with Gasteiger partial charge in [0.05, 0.1) is 6.54 Å². The van der Waals surface area contributed by atoms with Gasteiger partial charge in [0.2, 0.25) is 11.8 Å². The number of hydrogen-bond donors (Lipinski definition) is 5. The van der Waals surface area contributed by atoms with E-state index >= 15 is 0 Å². The fourth-order valence-corrected chi connectivity index (χ4v) is 4.80. The molecule has 0 aliphatic rings. The summed E-state index contributed by atoms with van der Waals surface area (Å²) >= 11 is 0. The van der Waals surface area contributed by atoms with Crippen LogP contribution in [0.3, 0.4) is 0 Å². The summed E-state index contributed by atoms with van der Waals surface area (Å²) < 4.78 is 5.62. The summed E-state index contributed by atoms with van der Waals surface area (Å²) in [4.78, 5) is 45.7. The molecule has 0 radical (unpaired) electrons. The van der Waals surface area contributed by atoms with Crippen molar-refractivity contribution in [2.75, 3.05) is 6.54 Å². The molecule has 2 amide bonds. The van der Waals surface area contributed by atoms with Gasteiger partial charge in [-0.1, -0.05) is 66.7 Å². The van der Waals surface area contributed by atoms with Gasteiger partial charge in [-0.25, -0.2) is 4.79 Å². The molecule has 0 saturated carbocycles. The van der Waals surface area contributed by atoms with Crippen LogP contribution in [0.2, 0.25) is 0 Å². The third-order valence-electron chi connectivity index (χ3n) is 6.86. The molecule has 0 unspecified atom stereocenters. The fraction of sp³-hybridized carbons (Fsp3) is 0.194. The number of H-pyrrole nitrogens is 2. The van der Waals surface area contributed by atoms with Gasteiger partial charge < -0.3 is 31.1 Å². The van der Waals surface area contributed by atoms with Gasteiger partial charge in [-0.3, -0.25) is 9.59 Å². The highest BCUT2D eigenvalue weighted by Crippen LogP contribution is 2.21. The van der Waals surface area contributed by atoms with Gasteiger partial charge in [0, 0.05) is 47.0 Å². The summed E-state index contributed by atoms with van der Waals surface area (Å²) in [6.07, 6.45) is 4.06. The van der Waals surface area contributed by atoms with Crippen molar-refractivity contribution in [3.63, 3.8) is 0 Å². The number of aromatic nitrogens is 2. The normalized spacial score (nSPS) is 12.6. The van der Waals surface area contributed by atoms with Crippen LogP contribution in [0.25, 0.3) is 21.8 Å². The van der Waals surface area contributed by atoms with E-state index in [0.717, 1.165) is 38.5 Å². The number of amides is 2. The zero-order chi connectivity index (χ0) is 27.9. The van der Waals surface area contributed by atoms with Crippen molar-refractivity contribution in [1.29, 1.82) is 0 Å². The number of nitrogens with two attached hydrogens (primary N) is 1. The average Bonchev–Trinajstić information content (AvgIpc) is 3.59. The van der Waals surface area contributed by atoms with Crippen LogP contribution in [0.5, 0.6) is 0 Å². The van der Waals surface area contributed by atoms with E-state index in [4.69, 9.17) is 10.5 Å². The summed E-state index contributed by atoms with van der Waals surface area (Å²) in [7, 11) is 0. The Labute approximate surface area is 231 Å². The smallest absolute Gasteiger partial charge is 0.329 e. The molecule has 9 heteroatoms. The number of nitrogens with one attached hydrogen (secondary N) is 4. The Morgan fingerprint density at radius 1 is 0.725 bits per heavy atom. The molecule has 5 rings (SSSR count). The number of esters is 1. The average molecular weight is 538 g/mol. The molecule has 0 aliphatic heterocycles. The van der Waals surface area contributed by atoms with Crippen molar-refractivity contribution in [2.45, 2.75) is 31.5 Å². The number of ether oxygens (including phenoxy) is 1. The van der Waals surface area contributed by atoms with Gasteiger partial charge in [0.15, 0.2) is 0 Å². The highest BCUT2D eigenvalue weighted by Gasteiger charge is 2.29. The second-order valence-electron chi connectivity index (χ2n) is 9.61. The van der Waals surface area contributed by atoms with E-state index in [1.165, 1.54) is 0 Å².